The third-order valence-corrected chi connectivity index (χ3v) is 3.72. The minimum atomic E-state index is 0.783. The van der Waals surface area contributed by atoms with Crippen molar-refractivity contribution in [1.29, 1.82) is 0 Å². The van der Waals surface area contributed by atoms with Gasteiger partial charge in [-0.1, -0.05) is 0 Å². The minimum Gasteiger partial charge on any atom is -0.383 e. The van der Waals surface area contributed by atoms with E-state index in [0.29, 0.717) is 0 Å². The molecule has 0 spiro atoms. The van der Waals surface area contributed by atoms with Crippen LogP contribution in [0.2, 0.25) is 0 Å². The van der Waals surface area contributed by atoms with Crippen LogP contribution in [0.15, 0.2) is 18.5 Å². The Balaban J connectivity index is 1.83. The molecular weight excluding hydrogens is 250 g/mol. The third-order valence-electron chi connectivity index (χ3n) is 3.72. The van der Waals surface area contributed by atoms with Crippen LogP contribution in [0.4, 0.5) is 0 Å². The molecule has 1 aromatic carbocycles. The summed E-state index contributed by atoms with van der Waals surface area (Å²) in [5, 5.41) is 3.37. The lowest BCUT2D eigenvalue weighted by Crippen LogP contribution is -2.20. The number of methoxy groups -OCH3 is 1. The lowest BCUT2D eigenvalue weighted by atomic mass is 10.1. The largest absolute Gasteiger partial charge is 0.383 e. The number of aryl methyl sites for hydroxylation is 3. The fourth-order valence-electron chi connectivity index (χ4n) is 2.32. The van der Waals surface area contributed by atoms with Crippen molar-refractivity contribution < 1.29 is 4.74 Å². The number of rotatable bonds is 8. The fourth-order valence-corrected chi connectivity index (χ4v) is 2.32. The zero-order chi connectivity index (χ0) is 14.4. The predicted octanol–water partition coefficient (Wildman–Crippen LogP) is 2.67. The molecule has 0 aliphatic rings. The van der Waals surface area contributed by atoms with Crippen molar-refractivity contribution in [3.8, 4) is 0 Å². The van der Waals surface area contributed by atoms with Gasteiger partial charge >= 0.3 is 0 Å². The first kappa shape index (κ1) is 15.0. The van der Waals surface area contributed by atoms with Crippen molar-refractivity contribution >= 4 is 11.0 Å². The van der Waals surface area contributed by atoms with Gasteiger partial charge < -0.3 is 14.6 Å². The summed E-state index contributed by atoms with van der Waals surface area (Å²) in [7, 11) is 1.73. The molecule has 0 amide bonds. The molecular formula is C16H25N3O. The van der Waals surface area contributed by atoms with Crippen LogP contribution in [0.1, 0.15) is 24.0 Å². The molecule has 1 aromatic heterocycles. The van der Waals surface area contributed by atoms with Gasteiger partial charge in [0.05, 0.1) is 24.0 Å². The summed E-state index contributed by atoms with van der Waals surface area (Å²) in [5.74, 6) is 0. The number of imidazole rings is 1. The van der Waals surface area contributed by atoms with Gasteiger partial charge in [-0.05, 0) is 56.5 Å². The van der Waals surface area contributed by atoms with Crippen LogP contribution in [0, 0.1) is 13.8 Å². The van der Waals surface area contributed by atoms with Crippen LogP contribution in [0.25, 0.3) is 11.0 Å². The number of aromatic nitrogens is 2. The Morgan fingerprint density at radius 2 is 1.95 bits per heavy atom. The molecule has 20 heavy (non-hydrogen) atoms. The molecule has 0 unspecified atom stereocenters. The maximum absolute atomic E-state index is 5.00. The van der Waals surface area contributed by atoms with E-state index in [2.05, 4.69) is 40.8 Å². The minimum absolute atomic E-state index is 0.783. The monoisotopic (exact) mass is 275 g/mol. The SMILES string of the molecule is COCCNCCCCn1cnc2cc(C)c(C)cc21. The van der Waals surface area contributed by atoms with E-state index in [0.717, 1.165) is 31.8 Å². The van der Waals surface area contributed by atoms with Crippen molar-refractivity contribution in [3.63, 3.8) is 0 Å². The van der Waals surface area contributed by atoms with E-state index in [9.17, 15) is 0 Å². The highest BCUT2D eigenvalue weighted by molar-refractivity contribution is 5.77. The summed E-state index contributed by atoms with van der Waals surface area (Å²) < 4.78 is 7.26. The van der Waals surface area contributed by atoms with Gasteiger partial charge in [0, 0.05) is 20.2 Å². The average molecular weight is 275 g/mol. The summed E-state index contributed by atoms with van der Waals surface area (Å²) in [6.07, 6.45) is 4.30. The number of nitrogens with one attached hydrogen (secondary N) is 1. The number of hydrogen-bond donors (Lipinski definition) is 1. The van der Waals surface area contributed by atoms with Crippen molar-refractivity contribution in [3.05, 3.63) is 29.6 Å². The summed E-state index contributed by atoms with van der Waals surface area (Å²) in [4.78, 5) is 4.49. The van der Waals surface area contributed by atoms with Crippen LogP contribution in [0.3, 0.4) is 0 Å². The van der Waals surface area contributed by atoms with Crippen LogP contribution >= 0.6 is 0 Å². The Kier molecular flexibility index (Phi) is 5.56. The lowest BCUT2D eigenvalue weighted by Gasteiger charge is -2.07. The number of nitrogens with zero attached hydrogens (tertiary/aromatic N) is 2. The molecule has 1 heterocycles. The maximum atomic E-state index is 5.00. The standard InChI is InChI=1S/C16H25N3O/c1-13-10-15-16(11-14(13)2)19(12-18-15)8-5-4-6-17-7-9-20-3/h10-12,17H,4-9H2,1-3H3. The van der Waals surface area contributed by atoms with Crippen molar-refractivity contribution in [2.24, 2.45) is 0 Å². The lowest BCUT2D eigenvalue weighted by molar-refractivity contribution is 0.199. The highest BCUT2D eigenvalue weighted by atomic mass is 16.5. The van der Waals surface area contributed by atoms with E-state index >= 15 is 0 Å². The van der Waals surface area contributed by atoms with Gasteiger partial charge in [-0.25, -0.2) is 4.98 Å². The molecule has 0 aliphatic carbocycles. The zero-order valence-electron chi connectivity index (χ0n) is 12.8. The highest BCUT2D eigenvalue weighted by Crippen LogP contribution is 2.18. The van der Waals surface area contributed by atoms with Crippen LogP contribution in [0.5, 0.6) is 0 Å². The van der Waals surface area contributed by atoms with Gasteiger partial charge in [0.25, 0.3) is 0 Å². The van der Waals surface area contributed by atoms with Crippen LogP contribution in [-0.4, -0.2) is 36.4 Å². The first-order valence-electron chi connectivity index (χ1n) is 7.34. The Labute approximate surface area is 121 Å². The third kappa shape index (κ3) is 3.81. The summed E-state index contributed by atoms with van der Waals surface area (Å²) >= 11 is 0. The van der Waals surface area contributed by atoms with Crippen LogP contribution in [-0.2, 0) is 11.3 Å². The first-order chi connectivity index (χ1) is 9.72. The Morgan fingerprint density at radius 1 is 1.15 bits per heavy atom. The Hall–Kier alpha value is -1.39. The molecule has 4 heteroatoms. The predicted molar refractivity (Wildman–Crippen MR) is 83.2 cm³/mol. The molecule has 2 aromatic rings. The normalized spacial score (nSPS) is 11.3. The molecule has 0 atom stereocenters. The van der Waals surface area contributed by atoms with Gasteiger partial charge in [-0.15, -0.1) is 0 Å². The number of hydrogen-bond acceptors (Lipinski definition) is 3. The molecule has 0 saturated heterocycles. The maximum Gasteiger partial charge on any atom is 0.0958 e. The van der Waals surface area contributed by atoms with E-state index in [1.54, 1.807) is 7.11 Å². The van der Waals surface area contributed by atoms with Crippen molar-refractivity contribution in [2.75, 3.05) is 26.8 Å². The first-order valence-corrected chi connectivity index (χ1v) is 7.34. The summed E-state index contributed by atoms with van der Waals surface area (Å²) in [6, 6.07) is 4.42. The fraction of sp³-hybridized carbons (Fsp3) is 0.562. The smallest absolute Gasteiger partial charge is 0.0958 e. The summed E-state index contributed by atoms with van der Waals surface area (Å²) in [6.45, 7) is 8.10. The van der Waals surface area contributed by atoms with E-state index < -0.39 is 0 Å². The number of ether oxygens (including phenoxy) is 1. The van der Waals surface area contributed by atoms with Crippen molar-refractivity contribution in [1.82, 2.24) is 14.9 Å². The molecule has 0 fully saturated rings. The molecule has 0 saturated carbocycles. The van der Waals surface area contributed by atoms with E-state index in [1.807, 2.05) is 6.33 Å². The second kappa shape index (κ2) is 7.41. The highest BCUT2D eigenvalue weighted by Gasteiger charge is 2.04. The van der Waals surface area contributed by atoms with E-state index in [-0.39, 0.29) is 0 Å². The quantitative estimate of drug-likeness (QED) is 0.753. The average Bonchev–Trinajstić information content (AvgIpc) is 2.81. The second-order valence-corrected chi connectivity index (χ2v) is 5.31. The van der Waals surface area contributed by atoms with Gasteiger partial charge in [0.15, 0.2) is 0 Å². The molecule has 4 nitrogen and oxygen atoms in total. The molecule has 1 N–H and O–H groups in total. The molecule has 0 bridgehead atoms. The Bertz CT molecular complexity index is 548. The van der Waals surface area contributed by atoms with Gasteiger partial charge in [-0.3, -0.25) is 0 Å². The van der Waals surface area contributed by atoms with Gasteiger partial charge in [-0.2, -0.15) is 0 Å². The van der Waals surface area contributed by atoms with Gasteiger partial charge in [0.2, 0.25) is 0 Å². The topological polar surface area (TPSA) is 39.1 Å². The molecule has 0 aliphatic heterocycles. The van der Waals surface area contributed by atoms with Crippen LogP contribution < -0.4 is 5.32 Å². The van der Waals surface area contributed by atoms with E-state index in [4.69, 9.17) is 4.74 Å². The van der Waals surface area contributed by atoms with Crippen molar-refractivity contribution in [2.45, 2.75) is 33.2 Å². The molecule has 0 radical (unpaired) electrons. The number of unbranched alkanes of at least 4 members (excludes halogenated alkanes) is 1. The summed E-state index contributed by atoms with van der Waals surface area (Å²) in [5.41, 5.74) is 5.00. The zero-order valence-corrected chi connectivity index (χ0v) is 12.8. The number of fused-ring (bicyclic) bond motifs is 1. The number of benzene rings is 1. The second-order valence-electron chi connectivity index (χ2n) is 5.31. The Morgan fingerprint density at radius 3 is 2.75 bits per heavy atom. The van der Waals surface area contributed by atoms with E-state index in [1.165, 1.54) is 29.5 Å². The molecule has 110 valence electrons. The molecule has 2 rings (SSSR count). The van der Waals surface area contributed by atoms with Gasteiger partial charge in [0.1, 0.15) is 0 Å².